The second-order valence-corrected chi connectivity index (χ2v) is 8.99. The highest BCUT2D eigenvalue weighted by Gasteiger charge is 2.26. The fourth-order valence-electron chi connectivity index (χ4n) is 3.24. The van der Waals surface area contributed by atoms with Gasteiger partial charge in [-0.2, -0.15) is 0 Å². The van der Waals surface area contributed by atoms with Crippen molar-refractivity contribution in [1.82, 2.24) is 5.32 Å². The number of hydrogen-bond acceptors (Lipinski definition) is 5. The highest BCUT2D eigenvalue weighted by molar-refractivity contribution is 8.06. The van der Waals surface area contributed by atoms with E-state index in [1.807, 2.05) is 6.08 Å². The Morgan fingerprint density at radius 1 is 1.50 bits per heavy atom. The fourth-order valence-corrected chi connectivity index (χ4v) is 4.50. The number of carbonyl (C=O) groups excluding carboxylic acids is 3. The molecule has 1 aromatic carbocycles. The van der Waals surface area contributed by atoms with Crippen LogP contribution in [0, 0.1) is 5.92 Å². The van der Waals surface area contributed by atoms with Gasteiger partial charge in [-0.1, -0.05) is 23.8 Å². The van der Waals surface area contributed by atoms with Gasteiger partial charge in [0.25, 0.3) is 5.91 Å². The molecule has 2 aliphatic rings. The molecule has 0 spiro atoms. The van der Waals surface area contributed by atoms with Gasteiger partial charge in [-0.25, -0.2) is 0 Å². The molecule has 160 valence electrons. The van der Waals surface area contributed by atoms with E-state index in [0.29, 0.717) is 41.0 Å². The molecule has 2 atom stereocenters. The van der Waals surface area contributed by atoms with Gasteiger partial charge in [0.1, 0.15) is 5.75 Å². The van der Waals surface area contributed by atoms with Crippen molar-refractivity contribution in [2.24, 2.45) is 5.92 Å². The van der Waals surface area contributed by atoms with Gasteiger partial charge in [-0.3, -0.25) is 14.4 Å². The number of carbonyl (C=O) groups is 3. The number of benzene rings is 1. The van der Waals surface area contributed by atoms with E-state index in [-0.39, 0.29) is 35.5 Å². The Morgan fingerprint density at radius 3 is 2.90 bits per heavy atom. The van der Waals surface area contributed by atoms with Crippen LogP contribution in [0.15, 0.2) is 41.3 Å². The second kappa shape index (κ2) is 9.57. The normalized spacial score (nSPS) is 18.8. The van der Waals surface area contributed by atoms with Crippen molar-refractivity contribution in [3.63, 3.8) is 0 Å². The monoisotopic (exact) mass is 449 g/mol. The van der Waals surface area contributed by atoms with E-state index < -0.39 is 0 Å². The smallest absolute Gasteiger partial charge is 0.264 e. The van der Waals surface area contributed by atoms with Crippen LogP contribution in [0.2, 0.25) is 0 Å². The van der Waals surface area contributed by atoms with E-state index in [0.717, 1.165) is 0 Å². The Bertz CT molecular complexity index is 904. The second-order valence-electron chi connectivity index (χ2n) is 7.11. The quantitative estimate of drug-likeness (QED) is 0.647. The number of fused-ring (bicyclic) bond motifs is 1. The molecule has 0 saturated carbocycles. The third kappa shape index (κ3) is 4.99. The lowest BCUT2D eigenvalue weighted by molar-refractivity contribution is -0.121. The van der Waals surface area contributed by atoms with E-state index in [9.17, 15) is 14.4 Å². The lowest BCUT2D eigenvalue weighted by atomic mass is 10.1. The number of anilines is 2. The molecule has 0 saturated heterocycles. The van der Waals surface area contributed by atoms with Gasteiger partial charge >= 0.3 is 0 Å². The summed E-state index contributed by atoms with van der Waals surface area (Å²) in [6.07, 6.45) is 4.17. The summed E-state index contributed by atoms with van der Waals surface area (Å²) in [7, 11) is 1.69. The summed E-state index contributed by atoms with van der Waals surface area (Å²) in [6, 6.07) is 5.29. The van der Waals surface area contributed by atoms with Crippen molar-refractivity contribution in [2.45, 2.75) is 18.6 Å². The standard InChI is InChI=1S/C21H24ClN3O4S/c1-4-14(10-23-21(28)18-7-8-19(22)30-18)11-25(13(2)26)15-5-6-16-17(9-15)29-12-20(27)24(16)3/h4-6,8-9,14,18H,1,7,10-12H2,2-3H3,(H,23,28)/t14-,18?/m0/s1. The summed E-state index contributed by atoms with van der Waals surface area (Å²) < 4.78 is 6.17. The molecule has 1 aromatic rings. The Balaban J connectivity index is 1.67. The molecule has 3 amide bonds. The number of hydrogen-bond donors (Lipinski definition) is 1. The van der Waals surface area contributed by atoms with E-state index in [2.05, 4.69) is 11.9 Å². The molecule has 0 aromatic heterocycles. The SMILES string of the molecule is C=C[C@@H](CNC(=O)C1CC=C(Cl)S1)CN(C(C)=O)c1ccc2c(c1)OCC(=O)N2C. The van der Waals surface area contributed by atoms with Crippen LogP contribution in [0.5, 0.6) is 5.75 Å². The topological polar surface area (TPSA) is 79.0 Å². The molecule has 0 bridgehead atoms. The van der Waals surface area contributed by atoms with Crippen molar-refractivity contribution in [2.75, 3.05) is 36.5 Å². The maximum atomic E-state index is 12.3. The molecule has 2 heterocycles. The van der Waals surface area contributed by atoms with Crippen molar-refractivity contribution in [3.05, 3.63) is 41.3 Å². The third-order valence-electron chi connectivity index (χ3n) is 5.05. The summed E-state index contributed by atoms with van der Waals surface area (Å²) in [4.78, 5) is 39.6. The van der Waals surface area contributed by atoms with E-state index in [1.165, 1.54) is 23.6 Å². The summed E-state index contributed by atoms with van der Waals surface area (Å²) >= 11 is 7.28. The van der Waals surface area contributed by atoms with Gasteiger partial charge in [0.15, 0.2) is 6.61 Å². The first kappa shape index (κ1) is 22.2. The molecule has 1 unspecified atom stereocenters. The molecule has 30 heavy (non-hydrogen) atoms. The van der Waals surface area contributed by atoms with Crippen LogP contribution in [0.4, 0.5) is 11.4 Å². The molecule has 7 nitrogen and oxygen atoms in total. The predicted molar refractivity (Wildman–Crippen MR) is 120 cm³/mol. The zero-order valence-electron chi connectivity index (χ0n) is 16.9. The van der Waals surface area contributed by atoms with Crippen LogP contribution in [-0.4, -0.2) is 49.7 Å². The molecular weight excluding hydrogens is 426 g/mol. The molecule has 9 heteroatoms. The van der Waals surface area contributed by atoms with Gasteiger partial charge in [0.2, 0.25) is 11.8 Å². The third-order valence-corrected chi connectivity index (χ3v) is 6.55. The van der Waals surface area contributed by atoms with Gasteiger partial charge in [0.05, 0.1) is 15.3 Å². The molecule has 2 aliphatic heterocycles. The largest absolute Gasteiger partial charge is 0.481 e. The van der Waals surface area contributed by atoms with Crippen molar-refractivity contribution < 1.29 is 19.1 Å². The van der Waals surface area contributed by atoms with E-state index >= 15 is 0 Å². The zero-order valence-corrected chi connectivity index (χ0v) is 18.5. The maximum Gasteiger partial charge on any atom is 0.264 e. The van der Waals surface area contributed by atoms with Crippen molar-refractivity contribution in [1.29, 1.82) is 0 Å². The molecule has 0 radical (unpaired) electrons. The number of ether oxygens (including phenoxy) is 1. The van der Waals surface area contributed by atoms with Gasteiger partial charge in [-0.15, -0.1) is 18.3 Å². The van der Waals surface area contributed by atoms with Crippen molar-refractivity contribution >= 4 is 52.5 Å². The molecule has 0 aliphatic carbocycles. The number of nitrogens with one attached hydrogen (secondary N) is 1. The fraction of sp³-hybridized carbons (Fsp3) is 0.381. The predicted octanol–water partition coefficient (Wildman–Crippen LogP) is 2.90. The Labute approximate surface area is 185 Å². The number of thioether (sulfide) groups is 1. The number of rotatable bonds is 7. The van der Waals surface area contributed by atoms with Gasteiger partial charge in [0, 0.05) is 44.7 Å². The molecule has 3 rings (SSSR count). The summed E-state index contributed by atoms with van der Waals surface area (Å²) in [5.74, 6) is 0.0533. The molecule has 1 N–H and O–H groups in total. The van der Waals surface area contributed by atoms with Crippen molar-refractivity contribution in [3.8, 4) is 5.75 Å². The minimum atomic E-state index is -0.218. The van der Waals surface area contributed by atoms with Crippen LogP contribution in [0.25, 0.3) is 0 Å². The van der Waals surface area contributed by atoms with Crippen LogP contribution < -0.4 is 19.9 Å². The number of amides is 3. The number of likely N-dealkylation sites (N-methyl/N-ethyl adjacent to an activating group) is 1. The molecule has 0 fully saturated rings. The lowest BCUT2D eigenvalue weighted by Gasteiger charge is -2.29. The first-order valence-electron chi connectivity index (χ1n) is 9.54. The lowest BCUT2D eigenvalue weighted by Crippen LogP contribution is -2.40. The zero-order chi connectivity index (χ0) is 21.8. The summed E-state index contributed by atoms with van der Waals surface area (Å²) in [5.41, 5.74) is 1.32. The Hall–Kier alpha value is -2.45. The van der Waals surface area contributed by atoms with Crippen LogP contribution >= 0.6 is 23.4 Å². The van der Waals surface area contributed by atoms with Crippen LogP contribution in [0.1, 0.15) is 13.3 Å². The minimum Gasteiger partial charge on any atom is -0.481 e. The summed E-state index contributed by atoms with van der Waals surface area (Å²) in [5, 5.41) is 2.70. The first-order chi connectivity index (χ1) is 14.3. The number of allylic oxidation sites excluding steroid dienone is 1. The number of halogens is 1. The Morgan fingerprint density at radius 2 is 2.27 bits per heavy atom. The van der Waals surface area contributed by atoms with E-state index in [1.54, 1.807) is 36.2 Å². The highest BCUT2D eigenvalue weighted by atomic mass is 35.5. The molecular formula is C21H24ClN3O4S. The maximum absolute atomic E-state index is 12.3. The average Bonchev–Trinajstić information content (AvgIpc) is 3.16. The number of nitrogens with zero attached hydrogens (tertiary/aromatic N) is 2. The van der Waals surface area contributed by atoms with Gasteiger partial charge in [-0.05, 0) is 18.6 Å². The Kier molecular flexibility index (Phi) is 7.10. The van der Waals surface area contributed by atoms with Crippen LogP contribution in [0.3, 0.4) is 0 Å². The van der Waals surface area contributed by atoms with E-state index in [4.69, 9.17) is 16.3 Å². The van der Waals surface area contributed by atoms with Gasteiger partial charge < -0.3 is 19.9 Å². The van der Waals surface area contributed by atoms with Crippen LogP contribution in [-0.2, 0) is 14.4 Å². The summed E-state index contributed by atoms with van der Waals surface area (Å²) in [6.45, 7) is 6.01. The average molecular weight is 450 g/mol. The minimum absolute atomic E-state index is 0.0353. The highest BCUT2D eigenvalue weighted by Crippen LogP contribution is 2.36. The first-order valence-corrected chi connectivity index (χ1v) is 10.8.